The van der Waals surface area contributed by atoms with E-state index in [2.05, 4.69) is 15.9 Å². The maximum atomic E-state index is 13.7. The summed E-state index contributed by atoms with van der Waals surface area (Å²) in [6.07, 6.45) is -0.863. The Bertz CT molecular complexity index is 599. The minimum absolute atomic E-state index is 0.168. The van der Waals surface area contributed by atoms with Crippen LogP contribution in [0.5, 0.6) is 5.75 Å². The summed E-state index contributed by atoms with van der Waals surface area (Å²) in [6.45, 7) is 1.91. The molecule has 4 heteroatoms. The second-order valence-corrected chi connectivity index (χ2v) is 5.21. The summed E-state index contributed by atoms with van der Waals surface area (Å²) in [5.41, 5.74) is 2.20. The Hall–Kier alpha value is -1.39. The van der Waals surface area contributed by atoms with Crippen LogP contribution in [0.1, 0.15) is 22.8 Å². The molecule has 0 radical (unpaired) electrons. The van der Waals surface area contributed by atoms with Crippen molar-refractivity contribution < 1.29 is 14.2 Å². The Labute approximate surface area is 120 Å². The molecule has 0 heterocycles. The van der Waals surface area contributed by atoms with Gasteiger partial charge in [-0.3, -0.25) is 0 Å². The van der Waals surface area contributed by atoms with Crippen LogP contribution in [0.4, 0.5) is 4.39 Å². The number of halogens is 2. The average Bonchev–Trinajstić information content (AvgIpc) is 2.40. The fraction of sp³-hybridized carbons (Fsp3) is 0.200. The van der Waals surface area contributed by atoms with Gasteiger partial charge in [0.15, 0.2) is 11.6 Å². The predicted octanol–water partition coefficient (Wildman–Crippen LogP) is 3.99. The van der Waals surface area contributed by atoms with Gasteiger partial charge in [0.05, 0.1) is 7.11 Å². The van der Waals surface area contributed by atoms with Crippen molar-refractivity contribution in [3.63, 3.8) is 0 Å². The minimum Gasteiger partial charge on any atom is -0.494 e. The van der Waals surface area contributed by atoms with Gasteiger partial charge < -0.3 is 9.84 Å². The molecule has 0 aromatic heterocycles. The lowest BCUT2D eigenvalue weighted by molar-refractivity contribution is 0.218. The molecule has 1 N–H and O–H groups in total. The number of benzene rings is 2. The van der Waals surface area contributed by atoms with E-state index in [4.69, 9.17) is 4.74 Å². The second kappa shape index (κ2) is 5.72. The number of aliphatic hydroxyl groups excluding tert-OH is 1. The molecule has 19 heavy (non-hydrogen) atoms. The van der Waals surface area contributed by atoms with E-state index in [0.29, 0.717) is 5.56 Å². The molecule has 1 atom stereocenters. The van der Waals surface area contributed by atoms with Crippen molar-refractivity contribution in [2.45, 2.75) is 13.0 Å². The number of methoxy groups -OCH3 is 1. The van der Waals surface area contributed by atoms with Crippen molar-refractivity contribution in [1.29, 1.82) is 0 Å². The molecule has 0 fully saturated rings. The van der Waals surface area contributed by atoms with Gasteiger partial charge in [-0.1, -0.05) is 28.1 Å². The van der Waals surface area contributed by atoms with Crippen molar-refractivity contribution >= 4 is 15.9 Å². The molecular weight excluding hydrogens is 311 g/mol. The van der Waals surface area contributed by atoms with Crippen LogP contribution in [-0.2, 0) is 0 Å². The molecule has 100 valence electrons. The normalized spacial score (nSPS) is 12.3. The van der Waals surface area contributed by atoms with Gasteiger partial charge in [-0.05, 0) is 47.9 Å². The van der Waals surface area contributed by atoms with Crippen LogP contribution >= 0.6 is 15.9 Å². The van der Waals surface area contributed by atoms with E-state index in [1.165, 1.54) is 19.2 Å². The summed E-state index contributed by atoms with van der Waals surface area (Å²) in [6, 6.07) is 10.1. The standard InChI is InChI=1S/C15H14BrFO2/c1-9-3-5-11(16)8-12(9)15(18)10-4-6-14(19-2)13(17)7-10/h3-8,15,18H,1-2H3. The van der Waals surface area contributed by atoms with Crippen molar-refractivity contribution in [2.24, 2.45) is 0 Å². The summed E-state index contributed by atoms with van der Waals surface area (Å²) in [7, 11) is 1.41. The topological polar surface area (TPSA) is 29.5 Å². The first-order valence-electron chi connectivity index (χ1n) is 5.80. The number of rotatable bonds is 3. The first-order valence-corrected chi connectivity index (χ1v) is 6.59. The minimum atomic E-state index is -0.863. The van der Waals surface area contributed by atoms with Gasteiger partial charge in [0, 0.05) is 4.47 Å². The molecule has 2 aromatic carbocycles. The van der Waals surface area contributed by atoms with Crippen LogP contribution in [0.3, 0.4) is 0 Å². The molecule has 0 aliphatic carbocycles. The highest BCUT2D eigenvalue weighted by atomic mass is 79.9. The quantitative estimate of drug-likeness (QED) is 0.925. The Morgan fingerprint density at radius 3 is 2.58 bits per heavy atom. The van der Waals surface area contributed by atoms with E-state index in [9.17, 15) is 9.50 Å². The van der Waals surface area contributed by atoms with Crippen LogP contribution < -0.4 is 4.74 Å². The zero-order chi connectivity index (χ0) is 14.0. The highest BCUT2D eigenvalue weighted by Crippen LogP contribution is 2.29. The van der Waals surface area contributed by atoms with Gasteiger partial charge in [-0.15, -0.1) is 0 Å². The van der Waals surface area contributed by atoms with E-state index >= 15 is 0 Å². The van der Waals surface area contributed by atoms with E-state index < -0.39 is 11.9 Å². The first-order chi connectivity index (χ1) is 9.02. The average molecular weight is 325 g/mol. The van der Waals surface area contributed by atoms with Crippen LogP contribution in [-0.4, -0.2) is 12.2 Å². The molecule has 2 aromatic rings. The van der Waals surface area contributed by atoms with Gasteiger partial charge in [0.25, 0.3) is 0 Å². The van der Waals surface area contributed by atoms with Gasteiger partial charge in [-0.2, -0.15) is 0 Å². The molecule has 0 amide bonds. The number of hydrogen-bond acceptors (Lipinski definition) is 2. The first kappa shape index (κ1) is 14.0. The summed E-state index contributed by atoms with van der Waals surface area (Å²) in [5, 5.41) is 10.4. The molecule has 2 rings (SSSR count). The monoisotopic (exact) mass is 324 g/mol. The third-order valence-corrected chi connectivity index (χ3v) is 3.52. The summed E-state index contributed by atoms with van der Waals surface area (Å²) in [4.78, 5) is 0. The number of hydrogen-bond donors (Lipinski definition) is 1. The SMILES string of the molecule is COc1ccc(C(O)c2cc(Br)ccc2C)cc1F. The summed E-state index contributed by atoms with van der Waals surface area (Å²) < 4.78 is 19.4. The Morgan fingerprint density at radius 2 is 1.95 bits per heavy atom. The fourth-order valence-electron chi connectivity index (χ4n) is 1.94. The Kier molecular flexibility index (Phi) is 4.22. The van der Waals surface area contributed by atoms with Gasteiger partial charge >= 0.3 is 0 Å². The number of aryl methyl sites for hydroxylation is 1. The maximum absolute atomic E-state index is 13.7. The largest absolute Gasteiger partial charge is 0.494 e. The van der Waals surface area contributed by atoms with Crippen molar-refractivity contribution in [1.82, 2.24) is 0 Å². The van der Waals surface area contributed by atoms with E-state index in [-0.39, 0.29) is 5.75 Å². The van der Waals surface area contributed by atoms with Crippen molar-refractivity contribution in [3.8, 4) is 5.75 Å². The van der Waals surface area contributed by atoms with Gasteiger partial charge in [0.2, 0.25) is 0 Å². The zero-order valence-corrected chi connectivity index (χ0v) is 12.2. The molecule has 0 bridgehead atoms. The lowest BCUT2D eigenvalue weighted by Crippen LogP contribution is -2.03. The highest BCUT2D eigenvalue weighted by Gasteiger charge is 2.15. The van der Waals surface area contributed by atoms with Crippen LogP contribution in [0.15, 0.2) is 40.9 Å². The molecular formula is C15H14BrFO2. The van der Waals surface area contributed by atoms with Gasteiger partial charge in [0.1, 0.15) is 6.10 Å². The van der Waals surface area contributed by atoms with E-state index in [1.807, 2.05) is 25.1 Å². The molecule has 0 spiro atoms. The number of aliphatic hydroxyl groups is 1. The molecule has 0 saturated carbocycles. The lowest BCUT2D eigenvalue weighted by Gasteiger charge is -2.15. The van der Waals surface area contributed by atoms with Gasteiger partial charge in [-0.25, -0.2) is 4.39 Å². The van der Waals surface area contributed by atoms with Crippen LogP contribution in [0.25, 0.3) is 0 Å². The molecule has 0 aliphatic heterocycles. The van der Waals surface area contributed by atoms with Crippen LogP contribution in [0.2, 0.25) is 0 Å². The summed E-state index contributed by atoms with van der Waals surface area (Å²) in [5.74, 6) is -0.311. The Balaban J connectivity index is 2.41. The zero-order valence-electron chi connectivity index (χ0n) is 10.7. The Morgan fingerprint density at radius 1 is 1.21 bits per heavy atom. The fourth-order valence-corrected chi connectivity index (χ4v) is 2.32. The summed E-state index contributed by atoms with van der Waals surface area (Å²) >= 11 is 3.37. The van der Waals surface area contributed by atoms with Crippen molar-refractivity contribution in [2.75, 3.05) is 7.11 Å². The third kappa shape index (κ3) is 2.96. The molecule has 2 nitrogen and oxygen atoms in total. The van der Waals surface area contributed by atoms with Crippen LogP contribution in [0, 0.1) is 12.7 Å². The smallest absolute Gasteiger partial charge is 0.165 e. The van der Waals surface area contributed by atoms with E-state index in [1.54, 1.807) is 6.07 Å². The third-order valence-electron chi connectivity index (χ3n) is 3.03. The molecule has 0 saturated heterocycles. The molecule has 1 unspecified atom stereocenters. The maximum Gasteiger partial charge on any atom is 0.165 e. The lowest BCUT2D eigenvalue weighted by atomic mass is 9.97. The number of ether oxygens (including phenoxy) is 1. The predicted molar refractivity (Wildman–Crippen MR) is 75.9 cm³/mol. The molecule has 0 aliphatic rings. The van der Waals surface area contributed by atoms with E-state index in [0.717, 1.165) is 15.6 Å². The second-order valence-electron chi connectivity index (χ2n) is 4.30. The van der Waals surface area contributed by atoms with Crippen molar-refractivity contribution in [3.05, 3.63) is 63.4 Å². The highest BCUT2D eigenvalue weighted by molar-refractivity contribution is 9.10.